The maximum atomic E-state index is 10.6. The molecular weight excluding hydrogens is 192 g/mol. The van der Waals surface area contributed by atoms with Crippen molar-refractivity contribution in [1.29, 1.82) is 0 Å². The summed E-state index contributed by atoms with van der Waals surface area (Å²) >= 11 is 0. The smallest absolute Gasteiger partial charge is 0.317 e. The third-order valence-electron chi connectivity index (χ3n) is 2.16. The molecule has 82 valence electrons. The second-order valence-corrected chi connectivity index (χ2v) is 3.52. The van der Waals surface area contributed by atoms with Gasteiger partial charge in [-0.25, -0.2) is 0 Å². The van der Waals surface area contributed by atoms with Crippen LogP contribution in [0.25, 0.3) is 0 Å². The topological polar surface area (TPSA) is 53.4 Å². The van der Waals surface area contributed by atoms with E-state index in [9.17, 15) is 4.79 Å². The number of hydrogen-bond acceptors (Lipinski definition) is 3. The fourth-order valence-electron chi connectivity index (χ4n) is 1.29. The van der Waals surface area contributed by atoms with Gasteiger partial charge in [-0.3, -0.25) is 14.7 Å². The largest absolute Gasteiger partial charge is 0.480 e. The lowest BCUT2D eigenvalue weighted by molar-refractivity contribution is -0.138. The summed E-state index contributed by atoms with van der Waals surface area (Å²) < 4.78 is 0. The average Bonchev–Trinajstić information content (AvgIpc) is 2.19. The van der Waals surface area contributed by atoms with E-state index in [0.29, 0.717) is 13.1 Å². The first-order valence-electron chi connectivity index (χ1n) is 4.97. The van der Waals surface area contributed by atoms with E-state index < -0.39 is 5.97 Å². The number of carboxylic acid groups (broad SMARTS) is 1. The third-order valence-corrected chi connectivity index (χ3v) is 2.16. The zero-order valence-electron chi connectivity index (χ0n) is 9.10. The van der Waals surface area contributed by atoms with Gasteiger partial charge in [-0.05, 0) is 25.1 Å². The fourth-order valence-corrected chi connectivity index (χ4v) is 1.29. The van der Waals surface area contributed by atoms with Crippen molar-refractivity contribution in [3.63, 3.8) is 0 Å². The molecule has 0 amide bonds. The summed E-state index contributed by atoms with van der Waals surface area (Å²) in [4.78, 5) is 16.6. The lowest BCUT2D eigenvalue weighted by atomic mass is 10.2. The van der Waals surface area contributed by atoms with Crippen molar-refractivity contribution < 1.29 is 9.90 Å². The normalized spacial score (nSPS) is 10.6. The number of aliphatic carboxylic acids is 1. The highest BCUT2D eigenvalue weighted by Crippen LogP contribution is 2.02. The lowest BCUT2D eigenvalue weighted by Gasteiger charge is -2.17. The second kappa shape index (κ2) is 5.46. The minimum absolute atomic E-state index is 0.0616. The molecule has 0 saturated heterocycles. The first-order chi connectivity index (χ1) is 7.11. The van der Waals surface area contributed by atoms with E-state index in [0.717, 1.165) is 11.3 Å². The summed E-state index contributed by atoms with van der Waals surface area (Å²) in [5, 5.41) is 8.68. The number of carbonyl (C=O) groups is 1. The molecule has 1 aromatic heterocycles. The molecule has 4 heteroatoms. The van der Waals surface area contributed by atoms with E-state index in [1.54, 1.807) is 6.20 Å². The standard InChI is InChI=1S/C11H16N2O2/c1-3-13(8-11(14)15)7-10-5-4-9(2)6-12-10/h4-6H,3,7-8H2,1-2H3,(H,14,15). The summed E-state index contributed by atoms with van der Waals surface area (Å²) in [5.74, 6) is -0.802. The third kappa shape index (κ3) is 4.08. The van der Waals surface area contributed by atoms with Crippen LogP contribution in [0.3, 0.4) is 0 Å². The van der Waals surface area contributed by atoms with E-state index in [-0.39, 0.29) is 6.54 Å². The van der Waals surface area contributed by atoms with Gasteiger partial charge in [-0.2, -0.15) is 0 Å². The molecule has 1 heterocycles. The van der Waals surface area contributed by atoms with Crippen LogP contribution in [-0.2, 0) is 11.3 Å². The predicted molar refractivity (Wildman–Crippen MR) is 57.6 cm³/mol. The van der Waals surface area contributed by atoms with Gasteiger partial charge in [0.05, 0.1) is 12.2 Å². The van der Waals surface area contributed by atoms with Crippen LogP contribution in [-0.4, -0.2) is 34.0 Å². The highest BCUT2D eigenvalue weighted by atomic mass is 16.4. The fraction of sp³-hybridized carbons (Fsp3) is 0.455. The van der Waals surface area contributed by atoms with Crippen LogP contribution in [0.2, 0.25) is 0 Å². The van der Waals surface area contributed by atoms with Crippen molar-refractivity contribution in [3.8, 4) is 0 Å². The van der Waals surface area contributed by atoms with Gasteiger partial charge >= 0.3 is 5.97 Å². The minimum Gasteiger partial charge on any atom is -0.480 e. The highest BCUT2D eigenvalue weighted by Gasteiger charge is 2.08. The molecule has 0 aliphatic rings. The molecule has 0 aromatic carbocycles. The monoisotopic (exact) mass is 208 g/mol. The minimum atomic E-state index is -0.802. The first-order valence-corrected chi connectivity index (χ1v) is 4.97. The Morgan fingerprint density at radius 2 is 2.27 bits per heavy atom. The Kier molecular flexibility index (Phi) is 4.24. The van der Waals surface area contributed by atoms with Gasteiger partial charge in [-0.1, -0.05) is 13.0 Å². The number of hydrogen-bond donors (Lipinski definition) is 1. The van der Waals surface area contributed by atoms with E-state index >= 15 is 0 Å². The first kappa shape index (κ1) is 11.7. The Hall–Kier alpha value is -1.42. The van der Waals surface area contributed by atoms with Crippen molar-refractivity contribution in [2.75, 3.05) is 13.1 Å². The maximum absolute atomic E-state index is 10.6. The number of aromatic nitrogens is 1. The zero-order chi connectivity index (χ0) is 11.3. The Bertz CT molecular complexity index is 322. The molecule has 0 fully saturated rings. The molecule has 0 aliphatic carbocycles. The van der Waals surface area contributed by atoms with Crippen LogP contribution in [0.15, 0.2) is 18.3 Å². The van der Waals surface area contributed by atoms with Crippen molar-refractivity contribution in [3.05, 3.63) is 29.6 Å². The van der Waals surface area contributed by atoms with E-state index in [1.807, 2.05) is 30.9 Å². The van der Waals surface area contributed by atoms with Gasteiger partial charge in [0.2, 0.25) is 0 Å². The molecule has 0 spiro atoms. The van der Waals surface area contributed by atoms with Gasteiger partial charge in [0.15, 0.2) is 0 Å². The summed E-state index contributed by atoms with van der Waals surface area (Å²) in [7, 11) is 0. The van der Waals surface area contributed by atoms with Crippen molar-refractivity contribution in [2.24, 2.45) is 0 Å². The van der Waals surface area contributed by atoms with Gasteiger partial charge < -0.3 is 5.11 Å². The van der Waals surface area contributed by atoms with E-state index in [4.69, 9.17) is 5.11 Å². The van der Waals surface area contributed by atoms with Crippen LogP contribution in [0.4, 0.5) is 0 Å². The Morgan fingerprint density at radius 1 is 1.53 bits per heavy atom. The number of nitrogens with zero attached hydrogens (tertiary/aromatic N) is 2. The molecule has 0 bridgehead atoms. The Balaban J connectivity index is 2.58. The van der Waals surface area contributed by atoms with Crippen LogP contribution < -0.4 is 0 Å². The van der Waals surface area contributed by atoms with E-state index in [1.165, 1.54) is 0 Å². The molecule has 4 nitrogen and oxygen atoms in total. The van der Waals surface area contributed by atoms with Crippen molar-refractivity contribution in [1.82, 2.24) is 9.88 Å². The summed E-state index contributed by atoms with van der Waals surface area (Å²) in [6.45, 7) is 5.28. The molecule has 0 unspecified atom stereocenters. The average molecular weight is 208 g/mol. The van der Waals surface area contributed by atoms with Crippen molar-refractivity contribution >= 4 is 5.97 Å². The predicted octanol–water partition coefficient (Wildman–Crippen LogP) is 1.30. The number of pyridine rings is 1. The summed E-state index contributed by atoms with van der Waals surface area (Å²) in [6, 6.07) is 3.91. The van der Waals surface area contributed by atoms with Gasteiger partial charge in [0, 0.05) is 12.7 Å². The lowest BCUT2D eigenvalue weighted by Crippen LogP contribution is -2.29. The molecule has 15 heavy (non-hydrogen) atoms. The van der Waals surface area contributed by atoms with Crippen LogP contribution in [0.1, 0.15) is 18.2 Å². The SMILES string of the molecule is CCN(CC(=O)O)Cc1ccc(C)cn1. The second-order valence-electron chi connectivity index (χ2n) is 3.52. The van der Waals surface area contributed by atoms with Crippen LogP contribution >= 0.6 is 0 Å². The molecular formula is C11H16N2O2. The van der Waals surface area contributed by atoms with E-state index in [2.05, 4.69) is 4.98 Å². The Labute approximate surface area is 89.6 Å². The molecule has 0 saturated carbocycles. The number of carboxylic acids is 1. The molecule has 1 N–H and O–H groups in total. The number of rotatable bonds is 5. The Morgan fingerprint density at radius 3 is 2.73 bits per heavy atom. The van der Waals surface area contributed by atoms with Crippen molar-refractivity contribution in [2.45, 2.75) is 20.4 Å². The molecule has 1 aromatic rings. The summed E-state index contributed by atoms with van der Waals surface area (Å²) in [6.07, 6.45) is 1.80. The van der Waals surface area contributed by atoms with Crippen LogP contribution in [0.5, 0.6) is 0 Å². The van der Waals surface area contributed by atoms with Gasteiger partial charge in [0.1, 0.15) is 0 Å². The molecule has 0 atom stereocenters. The number of aryl methyl sites for hydroxylation is 1. The van der Waals surface area contributed by atoms with Gasteiger partial charge in [-0.15, -0.1) is 0 Å². The highest BCUT2D eigenvalue weighted by molar-refractivity contribution is 5.69. The molecule has 1 rings (SSSR count). The number of likely N-dealkylation sites (N-methyl/N-ethyl adjacent to an activating group) is 1. The molecule has 0 aliphatic heterocycles. The van der Waals surface area contributed by atoms with Gasteiger partial charge in [0.25, 0.3) is 0 Å². The molecule has 0 radical (unpaired) electrons. The zero-order valence-corrected chi connectivity index (χ0v) is 9.10. The maximum Gasteiger partial charge on any atom is 0.317 e. The quantitative estimate of drug-likeness (QED) is 0.792. The van der Waals surface area contributed by atoms with Crippen LogP contribution in [0, 0.1) is 6.92 Å². The summed E-state index contributed by atoms with van der Waals surface area (Å²) in [5.41, 5.74) is 2.02.